The first-order valence-corrected chi connectivity index (χ1v) is 7.18. The number of H-pyrrole nitrogens is 1. The number of aromatic nitrogens is 2. The summed E-state index contributed by atoms with van der Waals surface area (Å²) in [4.78, 5) is 14.0. The Balaban J connectivity index is 1.80. The van der Waals surface area contributed by atoms with E-state index in [-0.39, 0.29) is 18.1 Å². The number of carbonyl (C=O) groups is 1. The maximum Gasteiger partial charge on any atom is 0.317 e. The predicted molar refractivity (Wildman–Crippen MR) is 76.6 cm³/mol. The second kappa shape index (κ2) is 6.74. The Kier molecular flexibility index (Phi) is 5.00. The lowest BCUT2D eigenvalue weighted by Gasteiger charge is -2.32. The first-order valence-electron chi connectivity index (χ1n) is 7.18. The minimum atomic E-state index is -0.0170. The molecule has 0 aromatic carbocycles. The van der Waals surface area contributed by atoms with Gasteiger partial charge in [0, 0.05) is 44.5 Å². The van der Waals surface area contributed by atoms with Gasteiger partial charge in [-0.2, -0.15) is 5.10 Å². The highest BCUT2D eigenvalue weighted by molar-refractivity contribution is 5.74. The van der Waals surface area contributed by atoms with E-state index in [1.165, 1.54) is 0 Å². The Bertz CT molecular complexity index is 440. The molecule has 0 bridgehead atoms. The zero-order chi connectivity index (χ0) is 14.5. The molecule has 1 atom stereocenters. The van der Waals surface area contributed by atoms with E-state index in [1.807, 2.05) is 27.0 Å². The number of carbonyl (C=O) groups excluding carboxylic acids is 1. The second-order valence-corrected chi connectivity index (χ2v) is 5.55. The van der Waals surface area contributed by atoms with Crippen molar-refractivity contribution in [1.82, 2.24) is 20.4 Å². The van der Waals surface area contributed by atoms with Crippen LogP contribution in [0.15, 0.2) is 6.07 Å². The van der Waals surface area contributed by atoms with Crippen molar-refractivity contribution in [3.05, 3.63) is 17.5 Å². The van der Waals surface area contributed by atoms with Crippen molar-refractivity contribution in [3.8, 4) is 0 Å². The first-order chi connectivity index (χ1) is 9.56. The number of ether oxygens (including phenoxy) is 1. The summed E-state index contributed by atoms with van der Waals surface area (Å²) in [7, 11) is 1.86. The number of hydrogen-bond donors (Lipinski definition) is 2. The fraction of sp³-hybridized carbons (Fsp3) is 0.714. The largest absolute Gasteiger partial charge is 0.381 e. The van der Waals surface area contributed by atoms with Crippen molar-refractivity contribution < 1.29 is 9.53 Å². The molecule has 2 N–H and O–H groups in total. The lowest BCUT2D eigenvalue weighted by molar-refractivity contribution is 0.0523. The minimum Gasteiger partial charge on any atom is -0.381 e. The molecule has 2 rings (SSSR count). The van der Waals surface area contributed by atoms with Gasteiger partial charge in [-0.05, 0) is 32.8 Å². The van der Waals surface area contributed by atoms with E-state index in [1.54, 1.807) is 4.90 Å². The van der Waals surface area contributed by atoms with E-state index in [0.29, 0.717) is 0 Å². The van der Waals surface area contributed by atoms with Gasteiger partial charge in [0.05, 0.1) is 5.69 Å². The minimum absolute atomic E-state index is 0.0170. The van der Waals surface area contributed by atoms with Crippen LogP contribution < -0.4 is 5.32 Å². The highest BCUT2D eigenvalue weighted by atomic mass is 16.5. The number of aromatic amines is 1. The van der Waals surface area contributed by atoms with Crippen molar-refractivity contribution in [3.63, 3.8) is 0 Å². The van der Waals surface area contributed by atoms with Gasteiger partial charge in [-0.3, -0.25) is 5.10 Å². The van der Waals surface area contributed by atoms with Crippen LogP contribution in [0.3, 0.4) is 0 Å². The molecule has 1 aromatic heterocycles. The molecule has 0 unspecified atom stereocenters. The van der Waals surface area contributed by atoms with Gasteiger partial charge in [-0.1, -0.05) is 0 Å². The molecule has 2 heterocycles. The average Bonchev–Trinajstić information content (AvgIpc) is 2.84. The molecule has 1 aliphatic rings. The normalized spacial score (nSPS) is 17.8. The molecular formula is C14H24N4O2. The van der Waals surface area contributed by atoms with Gasteiger partial charge in [0.25, 0.3) is 0 Å². The lowest BCUT2D eigenvalue weighted by Crippen LogP contribution is -2.48. The number of aryl methyl sites for hydroxylation is 1. The fourth-order valence-corrected chi connectivity index (χ4v) is 2.49. The molecular weight excluding hydrogens is 256 g/mol. The number of amides is 2. The number of nitrogens with zero attached hydrogens (tertiary/aromatic N) is 2. The number of hydrogen-bond acceptors (Lipinski definition) is 3. The van der Waals surface area contributed by atoms with Crippen molar-refractivity contribution in [2.24, 2.45) is 0 Å². The first kappa shape index (κ1) is 14.8. The summed E-state index contributed by atoms with van der Waals surface area (Å²) in [5.41, 5.74) is 2.02. The van der Waals surface area contributed by atoms with E-state index in [0.717, 1.165) is 43.9 Å². The third-order valence-electron chi connectivity index (χ3n) is 3.70. The van der Waals surface area contributed by atoms with Crippen LogP contribution in [0.2, 0.25) is 0 Å². The SMILES string of the molecule is Cc1cc(C[C@@H](C)NC(=O)N(C)C2CCOCC2)n[nH]1. The van der Waals surface area contributed by atoms with Crippen LogP contribution >= 0.6 is 0 Å². The Morgan fingerprint density at radius 3 is 2.90 bits per heavy atom. The van der Waals surface area contributed by atoms with E-state index >= 15 is 0 Å². The highest BCUT2D eigenvalue weighted by Gasteiger charge is 2.23. The summed E-state index contributed by atoms with van der Waals surface area (Å²) >= 11 is 0. The molecule has 0 aliphatic carbocycles. The third-order valence-corrected chi connectivity index (χ3v) is 3.70. The van der Waals surface area contributed by atoms with Crippen molar-refractivity contribution in [2.75, 3.05) is 20.3 Å². The lowest BCUT2D eigenvalue weighted by atomic mass is 10.1. The molecule has 0 saturated carbocycles. The topological polar surface area (TPSA) is 70.2 Å². The second-order valence-electron chi connectivity index (χ2n) is 5.55. The van der Waals surface area contributed by atoms with E-state index < -0.39 is 0 Å². The Hall–Kier alpha value is -1.56. The van der Waals surface area contributed by atoms with Gasteiger partial charge in [-0.15, -0.1) is 0 Å². The maximum atomic E-state index is 12.2. The number of nitrogens with one attached hydrogen (secondary N) is 2. The van der Waals surface area contributed by atoms with Gasteiger partial charge in [0.1, 0.15) is 0 Å². The van der Waals surface area contributed by atoms with Crippen molar-refractivity contribution >= 4 is 6.03 Å². The Morgan fingerprint density at radius 2 is 2.30 bits per heavy atom. The average molecular weight is 280 g/mol. The summed E-state index contributed by atoms with van der Waals surface area (Å²) < 4.78 is 5.32. The van der Waals surface area contributed by atoms with Crippen molar-refractivity contribution in [2.45, 2.75) is 45.2 Å². The fourth-order valence-electron chi connectivity index (χ4n) is 2.49. The number of urea groups is 1. The number of rotatable bonds is 4. The molecule has 20 heavy (non-hydrogen) atoms. The van der Waals surface area contributed by atoms with Gasteiger partial charge >= 0.3 is 6.03 Å². The maximum absolute atomic E-state index is 12.2. The van der Waals surface area contributed by atoms with Crippen LogP contribution in [0.25, 0.3) is 0 Å². The van der Waals surface area contributed by atoms with E-state index in [4.69, 9.17) is 4.74 Å². The summed E-state index contributed by atoms with van der Waals surface area (Å²) in [6.45, 7) is 5.45. The Morgan fingerprint density at radius 1 is 1.60 bits per heavy atom. The quantitative estimate of drug-likeness (QED) is 0.877. The van der Waals surface area contributed by atoms with E-state index in [2.05, 4.69) is 15.5 Å². The standard InChI is InChI=1S/C14H24N4O2/c1-10(8-12-9-11(2)16-17-12)15-14(19)18(3)13-4-6-20-7-5-13/h9-10,13H,4-8H2,1-3H3,(H,15,19)(H,16,17)/t10-/m1/s1. The molecule has 6 nitrogen and oxygen atoms in total. The summed E-state index contributed by atoms with van der Waals surface area (Å²) in [5, 5.41) is 10.1. The van der Waals surface area contributed by atoms with Gasteiger partial charge in [0.2, 0.25) is 0 Å². The van der Waals surface area contributed by atoms with E-state index in [9.17, 15) is 4.79 Å². The zero-order valence-corrected chi connectivity index (χ0v) is 12.5. The van der Waals surface area contributed by atoms with Gasteiger partial charge in [-0.25, -0.2) is 4.79 Å². The van der Waals surface area contributed by atoms with Crippen LogP contribution in [-0.2, 0) is 11.2 Å². The molecule has 1 fully saturated rings. The highest BCUT2D eigenvalue weighted by Crippen LogP contribution is 2.13. The predicted octanol–water partition coefficient (Wildman–Crippen LogP) is 1.47. The molecule has 1 aliphatic heterocycles. The van der Waals surface area contributed by atoms with Gasteiger partial charge < -0.3 is 15.0 Å². The summed E-state index contributed by atoms with van der Waals surface area (Å²) in [5.74, 6) is 0. The van der Waals surface area contributed by atoms with Crippen LogP contribution in [-0.4, -0.2) is 53.5 Å². The van der Waals surface area contributed by atoms with Crippen LogP contribution in [0.1, 0.15) is 31.2 Å². The van der Waals surface area contributed by atoms with Crippen LogP contribution in [0.4, 0.5) is 4.79 Å². The molecule has 2 amide bonds. The summed E-state index contributed by atoms with van der Waals surface area (Å²) in [6, 6.07) is 2.33. The molecule has 0 radical (unpaired) electrons. The van der Waals surface area contributed by atoms with Crippen LogP contribution in [0.5, 0.6) is 0 Å². The molecule has 6 heteroatoms. The Labute approximate surface area is 119 Å². The smallest absolute Gasteiger partial charge is 0.317 e. The van der Waals surface area contributed by atoms with Crippen molar-refractivity contribution in [1.29, 1.82) is 0 Å². The molecule has 112 valence electrons. The zero-order valence-electron chi connectivity index (χ0n) is 12.5. The van der Waals surface area contributed by atoms with Gasteiger partial charge in [0.15, 0.2) is 0 Å². The third kappa shape index (κ3) is 3.96. The van der Waals surface area contributed by atoms with Crippen LogP contribution in [0, 0.1) is 6.92 Å². The monoisotopic (exact) mass is 280 g/mol. The molecule has 1 aromatic rings. The summed E-state index contributed by atoms with van der Waals surface area (Å²) in [6.07, 6.45) is 2.56. The molecule has 0 spiro atoms. The molecule has 1 saturated heterocycles.